The predicted octanol–water partition coefficient (Wildman–Crippen LogP) is 0.480. The molecule has 3 heterocycles. The number of allylic oxidation sites excluding steroid dienone is 6. The number of nitrogens with zero attached hydrogens (tertiary/aromatic N) is 3. The minimum atomic E-state index is -1.08. The van der Waals surface area contributed by atoms with Crippen LogP contribution in [0.4, 0.5) is 0 Å². The van der Waals surface area contributed by atoms with E-state index in [-0.39, 0.29) is 17.4 Å². The van der Waals surface area contributed by atoms with Gasteiger partial charge in [-0.1, -0.05) is 18.2 Å². The fraction of sp³-hybridized carbons (Fsp3) is 0.250. The van der Waals surface area contributed by atoms with Crippen LogP contribution < -0.4 is 15.3 Å². The van der Waals surface area contributed by atoms with Crippen LogP contribution in [0.1, 0.15) is 40.0 Å². The molecule has 34 heavy (non-hydrogen) atoms. The van der Waals surface area contributed by atoms with E-state index in [1.807, 2.05) is 36.5 Å². The molecule has 0 atom stereocenters. The molecule has 0 aromatic rings. The van der Waals surface area contributed by atoms with Crippen LogP contribution in [0.15, 0.2) is 89.8 Å². The van der Waals surface area contributed by atoms with Crippen LogP contribution in [-0.4, -0.2) is 52.4 Å². The third-order valence-electron chi connectivity index (χ3n) is 2.58. The Morgan fingerprint density at radius 3 is 0.824 bits per heavy atom. The van der Waals surface area contributed by atoms with Crippen molar-refractivity contribution in [3.63, 3.8) is 0 Å². The molecule has 0 unspecified atom stereocenters. The number of hydrogen-bond donors (Lipinski definition) is 0. The van der Waals surface area contributed by atoms with Gasteiger partial charge in [-0.15, -0.1) is 19.7 Å². The van der Waals surface area contributed by atoms with Crippen molar-refractivity contribution in [2.45, 2.75) is 40.0 Å². The first-order valence-electron chi connectivity index (χ1n) is 9.55. The monoisotopic (exact) mass is 483 g/mol. The molecule has 0 bridgehead atoms. The second-order valence-electron chi connectivity index (χ2n) is 5.76. The van der Waals surface area contributed by atoms with Crippen LogP contribution >= 0.6 is 0 Å². The Hall–Kier alpha value is -3.61. The maximum atomic E-state index is 8.89. The molecule has 0 saturated heterocycles. The van der Waals surface area contributed by atoms with Gasteiger partial charge in [0.2, 0.25) is 0 Å². The summed E-state index contributed by atoms with van der Waals surface area (Å²) < 4.78 is 0. The molecule has 0 fully saturated rings. The molecule has 3 aliphatic rings. The molecule has 0 radical (unpaired) electrons. The van der Waals surface area contributed by atoms with Crippen molar-refractivity contribution in [2.24, 2.45) is 15.0 Å². The van der Waals surface area contributed by atoms with E-state index >= 15 is 0 Å². The quantitative estimate of drug-likeness (QED) is 0.395. The van der Waals surface area contributed by atoms with Gasteiger partial charge < -0.3 is 29.7 Å². The molecule has 10 heteroatoms. The minimum absolute atomic E-state index is 0. The van der Waals surface area contributed by atoms with Gasteiger partial charge in [0, 0.05) is 72.9 Å². The maximum absolute atomic E-state index is 8.89. The van der Waals surface area contributed by atoms with Crippen LogP contribution in [-0.2, 0) is 14.4 Å². The van der Waals surface area contributed by atoms with Gasteiger partial charge in [0.15, 0.2) is 0 Å². The van der Waals surface area contributed by atoms with Crippen molar-refractivity contribution in [1.82, 2.24) is 0 Å². The van der Waals surface area contributed by atoms with E-state index < -0.39 is 17.9 Å². The molecule has 0 N–H and O–H groups in total. The molecule has 0 spiro atoms. The Balaban J connectivity index is -0.000000162. The molecule has 0 aromatic heterocycles. The predicted molar refractivity (Wildman–Crippen MR) is 132 cm³/mol. The van der Waals surface area contributed by atoms with E-state index in [1.54, 1.807) is 18.6 Å². The first-order chi connectivity index (χ1) is 15.5. The summed E-state index contributed by atoms with van der Waals surface area (Å²) in [7, 11) is 0. The number of aliphatic imine (C=N–C) groups is 3. The number of carbonyl (C=O) groups is 3. The zero-order valence-electron chi connectivity index (χ0n) is 19.8. The van der Waals surface area contributed by atoms with E-state index in [1.165, 1.54) is 0 Å². The van der Waals surface area contributed by atoms with Crippen LogP contribution in [0.5, 0.6) is 0 Å². The van der Waals surface area contributed by atoms with Crippen LogP contribution in [0, 0.1) is 0 Å². The first kappa shape index (κ1) is 37.7. The normalized spacial score (nSPS) is 11.6. The summed E-state index contributed by atoms with van der Waals surface area (Å²) in [6.07, 6.45) is 19.6. The Morgan fingerprint density at radius 2 is 0.794 bits per heavy atom. The molecule has 3 rings (SSSR count). The fourth-order valence-electron chi connectivity index (χ4n) is 1.35. The van der Waals surface area contributed by atoms with Gasteiger partial charge in [-0.3, -0.25) is 15.0 Å². The Bertz CT molecular complexity index is 716. The van der Waals surface area contributed by atoms with Gasteiger partial charge in [-0.05, 0) is 39.0 Å². The Labute approximate surface area is 211 Å². The van der Waals surface area contributed by atoms with E-state index in [4.69, 9.17) is 29.7 Å². The third kappa shape index (κ3) is 38.9. The van der Waals surface area contributed by atoms with E-state index in [2.05, 4.69) is 34.7 Å². The van der Waals surface area contributed by atoms with E-state index in [0.717, 1.165) is 57.2 Å². The molecule has 0 aromatic carbocycles. The van der Waals surface area contributed by atoms with Crippen molar-refractivity contribution in [1.29, 1.82) is 0 Å². The number of hydrogen-bond acceptors (Lipinski definition) is 9. The minimum Gasteiger partial charge on any atom is -0.550 e. The number of aliphatic carboxylic acids is 3. The molecule has 180 valence electrons. The molecule has 0 aliphatic carbocycles. The second kappa shape index (κ2) is 27.4. The number of rotatable bonds is 6. The molecule has 9 nitrogen and oxygen atoms in total. The van der Waals surface area contributed by atoms with Gasteiger partial charge in [0.05, 0.1) is 0 Å². The average Bonchev–Trinajstić information content (AvgIpc) is 2.57. The second-order valence-corrected chi connectivity index (χ2v) is 5.76. The van der Waals surface area contributed by atoms with Crippen LogP contribution in [0.25, 0.3) is 0 Å². The molecular weight excluding hydrogens is 453 g/mol. The summed E-state index contributed by atoms with van der Waals surface area (Å²) in [5.41, 5.74) is 3.40. The van der Waals surface area contributed by atoms with Crippen molar-refractivity contribution >= 4 is 52.4 Å². The molecule has 0 saturated carbocycles. The first-order valence-corrected chi connectivity index (χ1v) is 9.55. The largest absolute Gasteiger partial charge is 3.00 e. The summed E-state index contributed by atoms with van der Waals surface area (Å²) >= 11 is 0. The van der Waals surface area contributed by atoms with E-state index in [9.17, 15) is 0 Å². The van der Waals surface area contributed by atoms with Crippen LogP contribution in [0.3, 0.4) is 0 Å². The summed E-state index contributed by atoms with van der Waals surface area (Å²) in [5, 5.41) is 26.7. The third-order valence-corrected chi connectivity index (χ3v) is 2.58. The Morgan fingerprint density at radius 1 is 0.647 bits per heavy atom. The van der Waals surface area contributed by atoms with Crippen molar-refractivity contribution < 1.29 is 29.7 Å². The molecule has 0 amide bonds. The smallest absolute Gasteiger partial charge is 0.550 e. The summed E-state index contributed by atoms with van der Waals surface area (Å²) in [6, 6.07) is 0. The van der Waals surface area contributed by atoms with Gasteiger partial charge >= 0.3 is 17.4 Å². The van der Waals surface area contributed by atoms with Crippen LogP contribution in [0.2, 0.25) is 0 Å². The number of carboxylic acids is 3. The van der Waals surface area contributed by atoms with Crippen molar-refractivity contribution in [2.75, 3.05) is 0 Å². The Kier molecular flexibility index (Phi) is 30.4. The van der Waals surface area contributed by atoms with Crippen molar-refractivity contribution in [3.8, 4) is 0 Å². The zero-order chi connectivity index (χ0) is 26.1. The number of carbonyl (C=O) groups excluding carboxylic acids is 3. The molecule has 3 aliphatic heterocycles. The standard InChI is InChI=1S/3C6H7N.3C2H4O2.Al/c3*1-2-3-6-4-5-7-6;3*1-2(3)4;/h3*2,4-5H,1,3H2;3*1H3,(H,3,4);/q;;;;;;+3/p-3. The summed E-state index contributed by atoms with van der Waals surface area (Å²) in [4.78, 5) is 38.4. The van der Waals surface area contributed by atoms with Gasteiger partial charge in [0.1, 0.15) is 0 Å². The van der Waals surface area contributed by atoms with Gasteiger partial charge in [-0.2, -0.15) is 0 Å². The topological polar surface area (TPSA) is 157 Å². The molecular formula is C24H30AlN3O6. The van der Waals surface area contributed by atoms with E-state index in [0.29, 0.717) is 0 Å². The summed E-state index contributed by atoms with van der Waals surface area (Å²) in [5.74, 6) is -3.25. The SMILES string of the molecule is C=CCC1=NC=C1.C=CCC1=NC=C1.C=CCC1=NC=C1.CC(=O)[O-].CC(=O)[O-].CC(=O)[O-].[Al+3]. The zero-order valence-corrected chi connectivity index (χ0v) is 21.0. The number of carboxylic acid groups (broad SMARTS) is 3. The van der Waals surface area contributed by atoms with Crippen molar-refractivity contribution in [3.05, 3.63) is 74.8 Å². The maximum Gasteiger partial charge on any atom is 3.00 e. The fourth-order valence-corrected chi connectivity index (χ4v) is 1.35. The van der Waals surface area contributed by atoms with Gasteiger partial charge in [-0.25, -0.2) is 0 Å². The summed E-state index contributed by atoms with van der Waals surface area (Å²) in [6.45, 7) is 13.6. The average molecular weight is 484 g/mol. The van der Waals surface area contributed by atoms with Gasteiger partial charge in [0.25, 0.3) is 0 Å².